The van der Waals surface area contributed by atoms with Gasteiger partial charge in [0.25, 0.3) is 0 Å². The second kappa shape index (κ2) is 4.73. The molecule has 2 heteroatoms. The predicted molar refractivity (Wildman–Crippen MR) is 75.2 cm³/mol. The number of phenolic OH excluding ortho intramolecular Hbond substituents is 1. The van der Waals surface area contributed by atoms with Crippen LogP contribution in [0.3, 0.4) is 0 Å². The van der Waals surface area contributed by atoms with Gasteiger partial charge in [0.15, 0.2) is 5.78 Å². The number of fused-ring (bicyclic) bond motifs is 1. The minimum absolute atomic E-state index is 0.0742. The van der Waals surface area contributed by atoms with Crippen LogP contribution in [0, 0.1) is 0 Å². The number of hydrogen-bond donors (Lipinski definition) is 1. The molecule has 1 aliphatic carbocycles. The fourth-order valence-corrected chi connectivity index (χ4v) is 2.45. The summed E-state index contributed by atoms with van der Waals surface area (Å²) in [5.74, 6) is 0.298. The third kappa shape index (κ3) is 2.29. The highest BCUT2D eigenvalue weighted by atomic mass is 16.3. The molecule has 2 aromatic rings. The standard InChI is InChI=1S/C17H14O2/c18-15-8-9-16-13(11-15)6-7-14(17(16)19)10-12-4-2-1-3-5-12/h1-5,8-11,18H,6-7H2. The minimum atomic E-state index is 0.0742. The Morgan fingerprint density at radius 3 is 2.58 bits per heavy atom. The van der Waals surface area contributed by atoms with Gasteiger partial charge in [0.2, 0.25) is 0 Å². The van der Waals surface area contributed by atoms with Crippen molar-refractivity contribution in [3.05, 3.63) is 70.8 Å². The lowest BCUT2D eigenvalue weighted by Crippen LogP contribution is -2.13. The second-order valence-electron chi connectivity index (χ2n) is 4.75. The lowest BCUT2D eigenvalue weighted by molar-refractivity contribution is 0.102. The Labute approximate surface area is 112 Å². The zero-order valence-corrected chi connectivity index (χ0v) is 10.5. The zero-order valence-electron chi connectivity index (χ0n) is 10.5. The van der Waals surface area contributed by atoms with Gasteiger partial charge in [0.05, 0.1) is 0 Å². The molecule has 0 bridgehead atoms. The number of carbonyl (C=O) groups is 1. The van der Waals surface area contributed by atoms with Crippen molar-refractivity contribution in [1.82, 2.24) is 0 Å². The number of aryl methyl sites for hydroxylation is 1. The number of Topliss-reactive ketones (excluding diaryl/α,β-unsaturated/α-hetero) is 1. The average molecular weight is 250 g/mol. The molecular weight excluding hydrogens is 236 g/mol. The average Bonchev–Trinajstić information content (AvgIpc) is 2.43. The van der Waals surface area contributed by atoms with Crippen LogP contribution in [-0.2, 0) is 6.42 Å². The van der Waals surface area contributed by atoms with Crippen LogP contribution in [0.5, 0.6) is 5.75 Å². The summed E-state index contributed by atoms with van der Waals surface area (Å²) in [5.41, 5.74) is 3.54. The third-order valence-corrected chi connectivity index (χ3v) is 3.43. The second-order valence-corrected chi connectivity index (χ2v) is 4.75. The third-order valence-electron chi connectivity index (χ3n) is 3.43. The van der Waals surface area contributed by atoms with Crippen molar-refractivity contribution in [2.45, 2.75) is 12.8 Å². The van der Waals surface area contributed by atoms with E-state index in [1.165, 1.54) is 0 Å². The number of carbonyl (C=O) groups excluding carboxylic acids is 1. The van der Waals surface area contributed by atoms with Crippen LogP contribution in [0.25, 0.3) is 6.08 Å². The topological polar surface area (TPSA) is 37.3 Å². The first-order valence-corrected chi connectivity index (χ1v) is 6.36. The molecule has 0 saturated heterocycles. The van der Waals surface area contributed by atoms with Crippen molar-refractivity contribution in [3.63, 3.8) is 0 Å². The van der Waals surface area contributed by atoms with Gasteiger partial charge in [0, 0.05) is 11.1 Å². The SMILES string of the molecule is O=C1C(=Cc2ccccc2)CCc2cc(O)ccc21. The van der Waals surface area contributed by atoms with E-state index < -0.39 is 0 Å². The number of ketones is 1. The molecule has 2 nitrogen and oxygen atoms in total. The van der Waals surface area contributed by atoms with E-state index in [4.69, 9.17) is 0 Å². The molecule has 0 radical (unpaired) electrons. The van der Waals surface area contributed by atoms with Crippen molar-refractivity contribution in [1.29, 1.82) is 0 Å². The molecule has 1 N–H and O–H groups in total. The molecule has 0 spiro atoms. The summed E-state index contributed by atoms with van der Waals surface area (Å²) in [6.45, 7) is 0. The summed E-state index contributed by atoms with van der Waals surface area (Å²) < 4.78 is 0. The highest BCUT2D eigenvalue weighted by molar-refractivity contribution is 6.13. The normalized spacial score (nSPS) is 16.4. The molecule has 0 heterocycles. The van der Waals surface area contributed by atoms with Gasteiger partial charge in [-0.05, 0) is 48.2 Å². The summed E-state index contributed by atoms with van der Waals surface area (Å²) in [5, 5.41) is 9.45. The maximum atomic E-state index is 12.4. The molecule has 19 heavy (non-hydrogen) atoms. The Bertz CT molecular complexity index is 654. The monoisotopic (exact) mass is 250 g/mol. The summed E-state index contributed by atoms with van der Waals surface area (Å²) in [6.07, 6.45) is 3.48. The Morgan fingerprint density at radius 1 is 1.00 bits per heavy atom. The van der Waals surface area contributed by atoms with Crippen molar-refractivity contribution in [2.75, 3.05) is 0 Å². The summed E-state index contributed by atoms with van der Waals surface area (Å²) >= 11 is 0. The highest BCUT2D eigenvalue weighted by Gasteiger charge is 2.21. The van der Waals surface area contributed by atoms with Gasteiger partial charge >= 0.3 is 0 Å². The van der Waals surface area contributed by atoms with Crippen LogP contribution in [0.15, 0.2) is 54.1 Å². The number of hydrogen-bond acceptors (Lipinski definition) is 2. The number of allylic oxidation sites excluding steroid dienone is 1. The molecule has 0 fully saturated rings. The van der Waals surface area contributed by atoms with Crippen molar-refractivity contribution >= 4 is 11.9 Å². The van der Waals surface area contributed by atoms with Crippen LogP contribution >= 0.6 is 0 Å². The van der Waals surface area contributed by atoms with Gasteiger partial charge in [-0.25, -0.2) is 0 Å². The Kier molecular flexibility index (Phi) is 2.92. The largest absolute Gasteiger partial charge is 0.508 e. The summed E-state index contributed by atoms with van der Waals surface area (Å²) in [7, 11) is 0. The first-order chi connectivity index (χ1) is 9.24. The summed E-state index contributed by atoms with van der Waals surface area (Å²) in [6, 6.07) is 14.8. The van der Waals surface area contributed by atoms with Crippen LogP contribution in [0.4, 0.5) is 0 Å². The van der Waals surface area contributed by atoms with E-state index in [1.54, 1.807) is 18.2 Å². The molecule has 0 aromatic heterocycles. The molecule has 3 rings (SSSR count). The van der Waals surface area contributed by atoms with Gasteiger partial charge in [-0.1, -0.05) is 30.3 Å². The fraction of sp³-hybridized carbons (Fsp3) is 0.118. The minimum Gasteiger partial charge on any atom is -0.508 e. The maximum absolute atomic E-state index is 12.4. The number of aromatic hydroxyl groups is 1. The maximum Gasteiger partial charge on any atom is 0.189 e. The smallest absolute Gasteiger partial charge is 0.189 e. The zero-order chi connectivity index (χ0) is 13.2. The van der Waals surface area contributed by atoms with E-state index in [0.717, 1.165) is 29.5 Å². The number of rotatable bonds is 1. The van der Waals surface area contributed by atoms with E-state index in [1.807, 2.05) is 36.4 Å². The molecule has 0 aliphatic heterocycles. The van der Waals surface area contributed by atoms with Crippen LogP contribution in [0.2, 0.25) is 0 Å². The van der Waals surface area contributed by atoms with Crippen molar-refractivity contribution in [2.24, 2.45) is 0 Å². The van der Waals surface area contributed by atoms with Gasteiger partial charge in [-0.3, -0.25) is 4.79 Å². The van der Waals surface area contributed by atoms with E-state index >= 15 is 0 Å². The molecule has 0 unspecified atom stereocenters. The van der Waals surface area contributed by atoms with E-state index in [9.17, 15) is 9.90 Å². The molecular formula is C17H14O2. The van der Waals surface area contributed by atoms with Gasteiger partial charge < -0.3 is 5.11 Å². The molecule has 0 amide bonds. The predicted octanol–water partition coefficient (Wildman–Crippen LogP) is 3.60. The Morgan fingerprint density at radius 2 is 1.79 bits per heavy atom. The van der Waals surface area contributed by atoms with Gasteiger partial charge in [0.1, 0.15) is 5.75 Å². The van der Waals surface area contributed by atoms with E-state index in [-0.39, 0.29) is 11.5 Å². The molecule has 1 aliphatic rings. The van der Waals surface area contributed by atoms with Crippen LogP contribution < -0.4 is 0 Å². The number of phenols is 1. The first kappa shape index (κ1) is 11.7. The van der Waals surface area contributed by atoms with Crippen molar-refractivity contribution in [3.8, 4) is 5.75 Å². The van der Waals surface area contributed by atoms with Gasteiger partial charge in [-0.15, -0.1) is 0 Å². The number of benzene rings is 2. The van der Waals surface area contributed by atoms with Gasteiger partial charge in [-0.2, -0.15) is 0 Å². The first-order valence-electron chi connectivity index (χ1n) is 6.36. The molecule has 0 saturated carbocycles. The highest BCUT2D eigenvalue weighted by Crippen LogP contribution is 2.28. The quantitative estimate of drug-likeness (QED) is 0.785. The lowest BCUT2D eigenvalue weighted by Gasteiger charge is -2.17. The lowest BCUT2D eigenvalue weighted by atomic mass is 9.86. The van der Waals surface area contributed by atoms with E-state index in [2.05, 4.69) is 0 Å². The van der Waals surface area contributed by atoms with Crippen molar-refractivity contribution < 1.29 is 9.90 Å². The Balaban J connectivity index is 1.98. The fourth-order valence-electron chi connectivity index (χ4n) is 2.45. The molecule has 2 aromatic carbocycles. The van der Waals surface area contributed by atoms with Crippen LogP contribution in [-0.4, -0.2) is 10.9 Å². The van der Waals surface area contributed by atoms with Crippen LogP contribution in [0.1, 0.15) is 27.9 Å². The summed E-state index contributed by atoms with van der Waals surface area (Å²) in [4.78, 5) is 12.4. The Hall–Kier alpha value is -2.35. The molecule has 94 valence electrons. The molecule has 0 atom stereocenters. The van der Waals surface area contributed by atoms with E-state index in [0.29, 0.717) is 5.56 Å².